The molecule has 0 aromatic heterocycles. The number of amides is 2. The van der Waals surface area contributed by atoms with E-state index in [2.05, 4.69) is 5.32 Å². The van der Waals surface area contributed by atoms with E-state index in [0.29, 0.717) is 18.0 Å². The lowest BCUT2D eigenvalue weighted by atomic mass is 10.2. The predicted molar refractivity (Wildman–Crippen MR) is 73.1 cm³/mol. The Morgan fingerprint density at radius 1 is 1.30 bits per heavy atom. The van der Waals surface area contributed by atoms with Crippen LogP contribution in [0.3, 0.4) is 0 Å². The molecule has 0 atom stereocenters. The second-order valence-corrected chi connectivity index (χ2v) is 4.13. The third-order valence-corrected chi connectivity index (χ3v) is 2.79. The zero-order valence-electron chi connectivity index (χ0n) is 11.1. The molecule has 0 fully saturated rings. The highest BCUT2D eigenvalue weighted by Gasteiger charge is 2.30. The fourth-order valence-electron chi connectivity index (χ4n) is 1.91. The summed E-state index contributed by atoms with van der Waals surface area (Å²) in [5.41, 5.74) is 0.795. The van der Waals surface area contributed by atoms with Crippen LogP contribution in [0.1, 0.15) is 6.92 Å². The fourth-order valence-corrected chi connectivity index (χ4v) is 1.91. The largest absolute Gasteiger partial charge is 0.492 e. The number of nitrogens with one attached hydrogen (secondary N) is 1. The van der Waals surface area contributed by atoms with E-state index >= 15 is 0 Å². The maximum absolute atomic E-state index is 12.0. The number of β-amino-alcohol motifs (C(OH)–C–C–N with tert-alkyl or cyclic N) is 1. The molecule has 1 aromatic carbocycles. The van der Waals surface area contributed by atoms with Crippen molar-refractivity contribution in [2.24, 2.45) is 0 Å². The van der Waals surface area contributed by atoms with Gasteiger partial charge in [0.05, 0.1) is 25.4 Å². The minimum absolute atomic E-state index is 0.00749. The molecule has 2 amide bonds. The van der Waals surface area contributed by atoms with Crippen molar-refractivity contribution < 1.29 is 19.4 Å². The first-order valence-electron chi connectivity index (χ1n) is 6.34. The van der Waals surface area contributed by atoms with E-state index in [-0.39, 0.29) is 18.8 Å². The number of hydrogen-bond donors (Lipinski definition) is 2. The van der Waals surface area contributed by atoms with Gasteiger partial charge in [-0.3, -0.25) is 14.5 Å². The molecule has 1 aromatic rings. The summed E-state index contributed by atoms with van der Waals surface area (Å²) in [6.45, 7) is 2.10. The molecule has 0 aliphatic carbocycles. The molecule has 0 spiro atoms. The highest BCUT2D eigenvalue weighted by molar-refractivity contribution is 6.17. The Labute approximate surface area is 116 Å². The van der Waals surface area contributed by atoms with Crippen molar-refractivity contribution >= 4 is 17.5 Å². The topological polar surface area (TPSA) is 78.9 Å². The number of carbonyl (C=O) groups excluding carboxylic acids is 2. The number of imide groups is 1. The summed E-state index contributed by atoms with van der Waals surface area (Å²) < 4.78 is 5.44. The summed E-state index contributed by atoms with van der Waals surface area (Å²) >= 11 is 0. The van der Waals surface area contributed by atoms with Gasteiger partial charge in [0.2, 0.25) is 0 Å². The summed E-state index contributed by atoms with van der Waals surface area (Å²) in [7, 11) is 0. The van der Waals surface area contributed by atoms with Crippen LogP contribution in [0.25, 0.3) is 0 Å². The van der Waals surface area contributed by atoms with Crippen LogP contribution >= 0.6 is 0 Å². The highest BCUT2D eigenvalue weighted by Crippen LogP contribution is 2.26. The molecule has 2 N–H and O–H groups in total. The average Bonchev–Trinajstić information content (AvgIpc) is 2.69. The monoisotopic (exact) mass is 276 g/mol. The fraction of sp³-hybridized carbons (Fsp3) is 0.286. The van der Waals surface area contributed by atoms with Crippen LogP contribution < -0.4 is 10.1 Å². The molecule has 20 heavy (non-hydrogen) atoms. The van der Waals surface area contributed by atoms with Gasteiger partial charge in [-0.25, -0.2) is 0 Å². The van der Waals surface area contributed by atoms with Gasteiger partial charge in [0.25, 0.3) is 11.8 Å². The number of aliphatic hydroxyl groups excluding tert-OH is 1. The van der Waals surface area contributed by atoms with Gasteiger partial charge in [-0.2, -0.15) is 0 Å². The number of hydrogen-bond acceptors (Lipinski definition) is 5. The molecule has 6 nitrogen and oxygen atoms in total. The van der Waals surface area contributed by atoms with Crippen molar-refractivity contribution in [1.29, 1.82) is 0 Å². The third-order valence-electron chi connectivity index (χ3n) is 2.79. The molecular weight excluding hydrogens is 260 g/mol. The van der Waals surface area contributed by atoms with Crippen molar-refractivity contribution in [3.05, 3.63) is 36.0 Å². The van der Waals surface area contributed by atoms with Gasteiger partial charge >= 0.3 is 0 Å². The Balaban J connectivity index is 2.17. The van der Waals surface area contributed by atoms with Gasteiger partial charge < -0.3 is 15.2 Å². The summed E-state index contributed by atoms with van der Waals surface area (Å²) in [6.07, 6.45) is 1.22. The van der Waals surface area contributed by atoms with E-state index in [9.17, 15) is 9.59 Å². The van der Waals surface area contributed by atoms with Crippen LogP contribution in [-0.4, -0.2) is 41.6 Å². The van der Waals surface area contributed by atoms with Crippen LogP contribution in [0.15, 0.2) is 36.0 Å². The Hall–Kier alpha value is -2.34. The zero-order valence-corrected chi connectivity index (χ0v) is 11.1. The number of rotatable bonds is 6. The van der Waals surface area contributed by atoms with Crippen LogP contribution in [-0.2, 0) is 9.59 Å². The summed E-state index contributed by atoms with van der Waals surface area (Å²) in [5.74, 6) is -0.271. The molecule has 0 saturated carbocycles. The zero-order chi connectivity index (χ0) is 14.5. The highest BCUT2D eigenvalue weighted by atomic mass is 16.5. The SMILES string of the molecule is CCOc1ccccc1NC1=CC(=O)N(CCO)C1=O. The van der Waals surface area contributed by atoms with Crippen molar-refractivity contribution in [2.75, 3.05) is 25.1 Å². The molecule has 1 heterocycles. The van der Waals surface area contributed by atoms with E-state index in [1.54, 1.807) is 18.2 Å². The van der Waals surface area contributed by atoms with Crippen molar-refractivity contribution in [1.82, 2.24) is 4.90 Å². The maximum Gasteiger partial charge on any atom is 0.277 e. The van der Waals surface area contributed by atoms with E-state index in [1.807, 2.05) is 13.0 Å². The van der Waals surface area contributed by atoms with Gasteiger partial charge in [-0.1, -0.05) is 12.1 Å². The lowest BCUT2D eigenvalue weighted by Gasteiger charge is -2.15. The van der Waals surface area contributed by atoms with Gasteiger partial charge in [0.1, 0.15) is 11.4 Å². The summed E-state index contributed by atoms with van der Waals surface area (Å²) in [5, 5.41) is 11.7. The Bertz CT molecular complexity index is 554. The van der Waals surface area contributed by atoms with E-state index in [1.165, 1.54) is 6.08 Å². The van der Waals surface area contributed by atoms with E-state index in [0.717, 1.165) is 4.90 Å². The van der Waals surface area contributed by atoms with Gasteiger partial charge in [-0.05, 0) is 19.1 Å². The first-order chi connectivity index (χ1) is 9.67. The molecule has 0 saturated heterocycles. The molecule has 0 radical (unpaired) electrons. The second kappa shape index (κ2) is 6.21. The van der Waals surface area contributed by atoms with Crippen LogP contribution in [0.4, 0.5) is 5.69 Å². The molecule has 0 bridgehead atoms. The molecular formula is C14H16N2O4. The first kappa shape index (κ1) is 14.1. The van der Waals surface area contributed by atoms with E-state index < -0.39 is 11.8 Å². The third kappa shape index (κ3) is 2.80. The number of para-hydroxylation sites is 2. The van der Waals surface area contributed by atoms with Gasteiger partial charge in [0.15, 0.2) is 0 Å². The molecule has 6 heteroatoms. The Kier molecular flexibility index (Phi) is 4.37. The Morgan fingerprint density at radius 2 is 2.05 bits per heavy atom. The van der Waals surface area contributed by atoms with Crippen LogP contribution in [0, 0.1) is 0 Å². The molecule has 1 aliphatic rings. The number of carbonyl (C=O) groups is 2. The van der Waals surface area contributed by atoms with Gasteiger partial charge in [-0.15, -0.1) is 0 Å². The normalized spacial score (nSPS) is 14.5. The lowest BCUT2D eigenvalue weighted by Crippen LogP contribution is -2.34. The van der Waals surface area contributed by atoms with Crippen LogP contribution in [0.2, 0.25) is 0 Å². The summed E-state index contributed by atoms with van der Waals surface area (Å²) in [6, 6.07) is 7.17. The number of anilines is 1. The molecule has 2 rings (SSSR count). The molecule has 106 valence electrons. The summed E-state index contributed by atoms with van der Waals surface area (Å²) in [4.78, 5) is 24.6. The van der Waals surface area contributed by atoms with Crippen LogP contribution in [0.5, 0.6) is 5.75 Å². The minimum atomic E-state index is -0.449. The van der Waals surface area contributed by atoms with Gasteiger partial charge in [0, 0.05) is 6.08 Å². The predicted octanol–water partition coefficient (Wildman–Crippen LogP) is 0.742. The van der Waals surface area contributed by atoms with Crippen molar-refractivity contribution in [3.8, 4) is 5.75 Å². The Morgan fingerprint density at radius 3 is 2.75 bits per heavy atom. The first-order valence-corrected chi connectivity index (χ1v) is 6.34. The number of aliphatic hydroxyl groups is 1. The minimum Gasteiger partial charge on any atom is -0.492 e. The van der Waals surface area contributed by atoms with Crippen molar-refractivity contribution in [2.45, 2.75) is 6.92 Å². The average molecular weight is 276 g/mol. The standard InChI is InChI=1S/C14H16N2O4/c1-2-20-12-6-4-3-5-10(12)15-11-9-13(18)16(7-8-17)14(11)19/h3-6,9,15,17H,2,7-8H2,1H3. The molecule has 1 aliphatic heterocycles. The molecule has 0 unspecified atom stereocenters. The second-order valence-electron chi connectivity index (χ2n) is 4.13. The lowest BCUT2D eigenvalue weighted by molar-refractivity contribution is -0.137. The number of nitrogens with zero attached hydrogens (tertiary/aromatic N) is 1. The number of benzene rings is 1. The quantitative estimate of drug-likeness (QED) is 0.749. The van der Waals surface area contributed by atoms with E-state index in [4.69, 9.17) is 9.84 Å². The number of ether oxygens (including phenoxy) is 1. The van der Waals surface area contributed by atoms with Crippen molar-refractivity contribution in [3.63, 3.8) is 0 Å². The maximum atomic E-state index is 12.0. The smallest absolute Gasteiger partial charge is 0.277 e.